The van der Waals surface area contributed by atoms with E-state index in [9.17, 15) is 4.79 Å². The van der Waals surface area contributed by atoms with Crippen molar-refractivity contribution in [2.75, 3.05) is 0 Å². The van der Waals surface area contributed by atoms with E-state index < -0.39 is 6.10 Å². The predicted octanol–water partition coefficient (Wildman–Crippen LogP) is 0.880. The van der Waals surface area contributed by atoms with Crippen molar-refractivity contribution < 1.29 is 9.90 Å². The first-order valence-electron chi connectivity index (χ1n) is 3.06. The molecule has 1 heterocycles. The molecule has 0 fully saturated rings. The van der Waals surface area contributed by atoms with Crippen LogP contribution in [0.5, 0.6) is 0 Å². The molecule has 0 spiro atoms. The lowest BCUT2D eigenvalue weighted by molar-refractivity contribution is 0.111. The molecule has 1 atom stereocenters. The predicted molar refractivity (Wildman–Crippen MR) is 36.8 cm³/mol. The number of aliphatic hydroxyl groups is 1. The van der Waals surface area contributed by atoms with Gasteiger partial charge >= 0.3 is 0 Å². The van der Waals surface area contributed by atoms with Gasteiger partial charge in [0.15, 0.2) is 6.29 Å². The lowest BCUT2D eigenvalue weighted by atomic mass is 10.2. The van der Waals surface area contributed by atoms with E-state index in [1.54, 1.807) is 19.2 Å². The summed E-state index contributed by atoms with van der Waals surface area (Å²) in [5.41, 5.74) is 1.10. The number of nitrogens with one attached hydrogen (secondary N) is 1. The molecule has 1 aromatic heterocycles. The topological polar surface area (TPSA) is 53.1 Å². The summed E-state index contributed by atoms with van der Waals surface area (Å²) in [6.45, 7) is 1.62. The number of carbonyl (C=O) groups is 1. The fourth-order valence-corrected chi connectivity index (χ4v) is 0.861. The molecule has 0 aromatic carbocycles. The van der Waals surface area contributed by atoms with Crippen LogP contribution in [0.4, 0.5) is 0 Å². The number of aromatic nitrogens is 1. The average Bonchev–Trinajstić information content (AvgIpc) is 2.33. The van der Waals surface area contributed by atoms with Gasteiger partial charge in [-0.2, -0.15) is 0 Å². The van der Waals surface area contributed by atoms with Crippen molar-refractivity contribution in [3.63, 3.8) is 0 Å². The smallest absolute Gasteiger partial charge is 0.166 e. The second kappa shape index (κ2) is 2.66. The van der Waals surface area contributed by atoms with Gasteiger partial charge < -0.3 is 10.1 Å². The third kappa shape index (κ3) is 1.09. The molecule has 3 heteroatoms. The largest absolute Gasteiger partial charge is 0.389 e. The zero-order valence-corrected chi connectivity index (χ0v) is 5.66. The van der Waals surface area contributed by atoms with Gasteiger partial charge in [0.1, 0.15) is 0 Å². The highest BCUT2D eigenvalue weighted by Gasteiger charge is 2.06. The van der Waals surface area contributed by atoms with Gasteiger partial charge in [0.05, 0.1) is 11.8 Å². The molecule has 1 aromatic rings. The fourth-order valence-electron chi connectivity index (χ4n) is 0.861. The third-order valence-electron chi connectivity index (χ3n) is 1.38. The number of hydrogen-bond acceptors (Lipinski definition) is 2. The number of hydrogen-bond donors (Lipinski definition) is 2. The highest BCUT2D eigenvalue weighted by molar-refractivity contribution is 5.74. The monoisotopic (exact) mass is 139 g/mol. The zero-order chi connectivity index (χ0) is 7.56. The van der Waals surface area contributed by atoms with Crippen LogP contribution in [0.1, 0.15) is 29.1 Å². The molecule has 0 radical (unpaired) electrons. The number of H-pyrrole nitrogens is 1. The van der Waals surface area contributed by atoms with Crippen LogP contribution < -0.4 is 0 Å². The maximum atomic E-state index is 10.3. The Bertz CT molecular complexity index is 227. The second-order valence-electron chi connectivity index (χ2n) is 2.14. The van der Waals surface area contributed by atoms with Gasteiger partial charge in [-0.05, 0) is 13.0 Å². The first kappa shape index (κ1) is 7.02. The first-order valence-corrected chi connectivity index (χ1v) is 3.06. The lowest BCUT2D eigenvalue weighted by Crippen LogP contribution is -1.93. The summed E-state index contributed by atoms with van der Waals surface area (Å²) in [7, 11) is 0. The molecule has 0 amide bonds. The lowest BCUT2D eigenvalue weighted by Gasteiger charge is -1.99. The van der Waals surface area contributed by atoms with Gasteiger partial charge in [0.2, 0.25) is 0 Å². The Morgan fingerprint density at radius 3 is 2.90 bits per heavy atom. The first-order chi connectivity index (χ1) is 4.75. The summed E-state index contributed by atoms with van der Waals surface area (Å²) in [4.78, 5) is 13.0. The maximum Gasteiger partial charge on any atom is 0.166 e. The molecule has 0 saturated carbocycles. The molecule has 2 N–H and O–H groups in total. The van der Waals surface area contributed by atoms with Crippen LogP contribution in [0.2, 0.25) is 0 Å². The fraction of sp³-hybridized carbons (Fsp3) is 0.286. The molecule has 1 unspecified atom stereocenters. The Morgan fingerprint density at radius 1 is 1.80 bits per heavy atom. The number of aldehydes is 1. The molecule has 3 nitrogen and oxygen atoms in total. The number of carbonyl (C=O) groups excluding carboxylic acids is 1. The van der Waals surface area contributed by atoms with Gasteiger partial charge in [-0.3, -0.25) is 4.79 Å². The molecular weight excluding hydrogens is 130 g/mol. The van der Waals surface area contributed by atoms with E-state index in [0.717, 1.165) is 0 Å². The standard InChI is InChI=1S/C7H9NO2/c1-5(10)6-2-3-8-7(6)4-9/h2-5,8,10H,1H3. The SMILES string of the molecule is CC(O)c1cc[nH]c1C=O. The number of rotatable bonds is 2. The van der Waals surface area contributed by atoms with E-state index in [1.165, 1.54) is 0 Å². The van der Waals surface area contributed by atoms with E-state index in [2.05, 4.69) is 4.98 Å². The normalized spacial score (nSPS) is 13.0. The zero-order valence-electron chi connectivity index (χ0n) is 5.66. The Morgan fingerprint density at radius 2 is 2.50 bits per heavy atom. The maximum absolute atomic E-state index is 10.3. The second-order valence-corrected chi connectivity index (χ2v) is 2.14. The van der Waals surface area contributed by atoms with Crippen molar-refractivity contribution in [2.24, 2.45) is 0 Å². The van der Waals surface area contributed by atoms with Crippen molar-refractivity contribution in [3.8, 4) is 0 Å². The number of aliphatic hydroxyl groups excluding tert-OH is 1. The van der Waals surface area contributed by atoms with Crippen molar-refractivity contribution in [1.82, 2.24) is 4.98 Å². The van der Waals surface area contributed by atoms with Gasteiger partial charge in [0, 0.05) is 11.8 Å². The van der Waals surface area contributed by atoms with E-state index in [1.807, 2.05) is 0 Å². The summed E-state index contributed by atoms with van der Waals surface area (Å²) in [6, 6.07) is 1.69. The van der Waals surface area contributed by atoms with Crippen molar-refractivity contribution in [1.29, 1.82) is 0 Å². The Hall–Kier alpha value is -1.09. The molecule has 0 bridgehead atoms. The molecular formula is C7H9NO2. The summed E-state index contributed by atoms with van der Waals surface area (Å²) in [6.07, 6.45) is 1.75. The van der Waals surface area contributed by atoms with Gasteiger partial charge in [0.25, 0.3) is 0 Å². The van der Waals surface area contributed by atoms with E-state index in [-0.39, 0.29) is 0 Å². The van der Waals surface area contributed by atoms with Gasteiger partial charge in [-0.25, -0.2) is 0 Å². The van der Waals surface area contributed by atoms with Crippen LogP contribution in [0.25, 0.3) is 0 Å². The average molecular weight is 139 g/mol. The summed E-state index contributed by atoms with van der Waals surface area (Å²) in [5.74, 6) is 0. The van der Waals surface area contributed by atoms with Crippen molar-refractivity contribution in [3.05, 3.63) is 23.5 Å². The van der Waals surface area contributed by atoms with Crippen LogP contribution in [-0.4, -0.2) is 16.4 Å². The minimum Gasteiger partial charge on any atom is -0.389 e. The molecule has 0 saturated heterocycles. The van der Waals surface area contributed by atoms with Crippen LogP contribution in [0.15, 0.2) is 12.3 Å². The van der Waals surface area contributed by atoms with Crippen LogP contribution in [0.3, 0.4) is 0 Å². The molecule has 1 rings (SSSR count). The van der Waals surface area contributed by atoms with E-state index in [4.69, 9.17) is 5.11 Å². The summed E-state index contributed by atoms with van der Waals surface area (Å²) >= 11 is 0. The molecule has 0 aliphatic heterocycles. The van der Waals surface area contributed by atoms with Crippen molar-refractivity contribution in [2.45, 2.75) is 13.0 Å². The Balaban J connectivity index is 3.01. The highest BCUT2D eigenvalue weighted by atomic mass is 16.3. The Labute approximate surface area is 58.7 Å². The third-order valence-corrected chi connectivity index (χ3v) is 1.38. The quantitative estimate of drug-likeness (QED) is 0.597. The molecule has 0 aliphatic carbocycles. The van der Waals surface area contributed by atoms with Crippen LogP contribution in [0, 0.1) is 0 Å². The van der Waals surface area contributed by atoms with Crippen molar-refractivity contribution >= 4 is 6.29 Å². The molecule has 0 aliphatic rings. The van der Waals surface area contributed by atoms with Gasteiger partial charge in [-0.15, -0.1) is 0 Å². The minimum atomic E-state index is -0.577. The molecule has 54 valence electrons. The molecule has 10 heavy (non-hydrogen) atoms. The van der Waals surface area contributed by atoms with E-state index in [0.29, 0.717) is 17.5 Å². The Kier molecular flexibility index (Phi) is 1.87. The van der Waals surface area contributed by atoms with E-state index >= 15 is 0 Å². The minimum absolute atomic E-state index is 0.454. The highest BCUT2D eigenvalue weighted by Crippen LogP contribution is 2.13. The van der Waals surface area contributed by atoms with Crippen LogP contribution >= 0.6 is 0 Å². The van der Waals surface area contributed by atoms with Gasteiger partial charge in [-0.1, -0.05) is 0 Å². The number of aromatic amines is 1. The van der Waals surface area contributed by atoms with Crippen LogP contribution in [-0.2, 0) is 0 Å². The summed E-state index contributed by atoms with van der Waals surface area (Å²) in [5, 5.41) is 9.05. The summed E-state index contributed by atoms with van der Waals surface area (Å²) < 4.78 is 0.